The van der Waals surface area contributed by atoms with Gasteiger partial charge in [-0.2, -0.15) is 26.3 Å². The van der Waals surface area contributed by atoms with Crippen molar-refractivity contribution in [1.82, 2.24) is 4.90 Å². The predicted octanol–water partition coefficient (Wildman–Crippen LogP) is 7.97. The van der Waals surface area contributed by atoms with Gasteiger partial charge in [-0.15, -0.1) is 0 Å². The monoisotopic (exact) mass is 485 g/mol. The molecule has 0 saturated heterocycles. The van der Waals surface area contributed by atoms with Crippen LogP contribution in [-0.4, -0.2) is 29.6 Å². The lowest BCUT2D eigenvalue weighted by Gasteiger charge is -2.26. The summed E-state index contributed by atoms with van der Waals surface area (Å²) in [4.78, 5) is 2.13. The van der Waals surface area contributed by atoms with Crippen molar-refractivity contribution in [3.05, 3.63) is 59.2 Å². The fourth-order valence-corrected chi connectivity index (χ4v) is 4.21. The van der Waals surface area contributed by atoms with Crippen molar-refractivity contribution in [2.75, 3.05) is 19.6 Å². The second-order valence-electron chi connectivity index (χ2n) is 8.68. The highest BCUT2D eigenvalue weighted by molar-refractivity contribution is 6.09. The Morgan fingerprint density at radius 2 is 1.26 bits per heavy atom. The Bertz CT molecular complexity index is 1110. The minimum atomic E-state index is -4.64. The smallest absolute Gasteiger partial charge is 0.387 e. The molecule has 0 heterocycles. The number of fused-ring (bicyclic) bond motifs is 3. The van der Waals surface area contributed by atoms with Gasteiger partial charge < -0.3 is 10.0 Å². The highest BCUT2D eigenvalue weighted by Gasteiger charge is 2.33. The van der Waals surface area contributed by atoms with Crippen LogP contribution in [0.15, 0.2) is 42.5 Å². The number of halogens is 6. The molecule has 186 valence electrons. The van der Waals surface area contributed by atoms with E-state index in [1.165, 1.54) is 12.1 Å². The first-order chi connectivity index (χ1) is 16.0. The third-order valence-corrected chi connectivity index (χ3v) is 6.09. The molecule has 3 aromatic carbocycles. The zero-order valence-corrected chi connectivity index (χ0v) is 19.2. The fraction of sp³-hybridized carbons (Fsp3) is 0.462. The molecule has 0 aliphatic rings. The van der Waals surface area contributed by atoms with E-state index in [2.05, 4.69) is 18.7 Å². The van der Waals surface area contributed by atoms with Crippen molar-refractivity contribution in [1.29, 1.82) is 0 Å². The largest absolute Gasteiger partial charge is 0.416 e. The Balaban J connectivity index is 2.15. The summed E-state index contributed by atoms with van der Waals surface area (Å²) in [5.41, 5.74) is -1.47. The van der Waals surface area contributed by atoms with Crippen molar-refractivity contribution in [3.63, 3.8) is 0 Å². The molecule has 3 rings (SSSR count). The van der Waals surface area contributed by atoms with Gasteiger partial charge in [0.15, 0.2) is 0 Å². The lowest BCUT2D eigenvalue weighted by atomic mass is 9.92. The summed E-state index contributed by atoms with van der Waals surface area (Å²) in [6.45, 7) is 6.00. The van der Waals surface area contributed by atoms with Crippen LogP contribution in [0.1, 0.15) is 62.3 Å². The Hall–Kier alpha value is -2.32. The minimum absolute atomic E-state index is 0.0427. The molecule has 0 aliphatic heterocycles. The Labute approximate surface area is 195 Å². The zero-order chi connectivity index (χ0) is 25.1. The molecule has 1 N–H and O–H groups in total. The van der Waals surface area contributed by atoms with Crippen LogP contribution in [0, 0.1) is 0 Å². The maximum Gasteiger partial charge on any atom is 0.416 e. The van der Waals surface area contributed by atoms with E-state index >= 15 is 0 Å². The molecule has 0 fully saturated rings. The normalized spacial score (nSPS) is 13.8. The van der Waals surface area contributed by atoms with Crippen LogP contribution in [0.2, 0.25) is 0 Å². The van der Waals surface area contributed by atoms with Gasteiger partial charge in [0.2, 0.25) is 0 Å². The van der Waals surface area contributed by atoms with Gasteiger partial charge in [-0.05, 0) is 83.4 Å². The Morgan fingerprint density at radius 1 is 0.735 bits per heavy atom. The highest BCUT2D eigenvalue weighted by atomic mass is 19.4. The van der Waals surface area contributed by atoms with Gasteiger partial charge >= 0.3 is 12.4 Å². The molecule has 0 bridgehead atoms. The standard InChI is InChI=1S/C26H29F6NO/c1-3-5-11-33(12-6-4-2)16-24(34)23-13-17-7-8-18(25(27,28)29)14-21(17)22-15-19(26(30,31)32)9-10-20(22)23/h7-10,13-15,24,34H,3-6,11-12,16H2,1-2H3/t24-/m1/s1. The quantitative estimate of drug-likeness (QED) is 0.245. The maximum atomic E-state index is 13.4. The summed E-state index contributed by atoms with van der Waals surface area (Å²) in [6.07, 6.45) is -6.40. The van der Waals surface area contributed by atoms with Crippen molar-refractivity contribution in [2.24, 2.45) is 0 Å². The number of aliphatic hydroxyl groups is 1. The van der Waals surface area contributed by atoms with E-state index in [-0.39, 0.29) is 10.8 Å². The first-order valence-corrected chi connectivity index (χ1v) is 11.5. The molecule has 0 aromatic heterocycles. The number of benzene rings is 3. The zero-order valence-electron chi connectivity index (χ0n) is 19.2. The van der Waals surface area contributed by atoms with Gasteiger partial charge in [0.25, 0.3) is 0 Å². The van der Waals surface area contributed by atoms with Crippen molar-refractivity contribution < 1.29 is 31.4 Å². The van der Waals surface area contributed by atoms with Crippen LogP contribution < -0.4 is 0 Å². The molecule has 0 spiro atoms. The van der Waals surface area contributed by atoms with Gasteiger partial charge in [-0.25, -0.2) is 0 Å². The molecule has 8 heteroatoms. The minimum Gasteiger partial charge on any atom is -0.387 e. The van der Waals surface area contributed by atoms with Crippen LogP contribution in [0.4, 0.5) is 26.3 Å². The Kier molecular flexibility index (Phi) is 8.14. The molecule has 0 saturated carbocycles. The molecule has 0 aliphatic carbocycles. The predicted molar refractivity (Wildman–Crippen MR) is 123 cm³/mol. The van der Waals surface area contributed by atoms with E-state index in [4.69, 9.17) is 0 Å². The second-order valence-corrected chi connectivity index (χ2v) is 8.68. The van der Waals surface area contributed by atoms with Crippen LogP contribution in [-0.2, 0) is 12.4 Å². The summed E-state index contributed by atoms with van der Waals surface area (Å²) in [5, 5.41) is 11.9. The summed E-state index contributed by atoms with van der Waals surface area (Å²) >= 11 is 0. The van der Waals surface area contributed by atoms with Gasteiger partial charge in [-0.1, -0.05) is 38.8 Å². The van der Waals surface area contributed by atoms with Crippen LogP contribution in [0.5, 0.6) is 0 Å². The summed E-state index contributed by atoms with van der Waals surface area (Å²) < 4.78 is 80.2. The van der Waals surface area contributed by atoms with Gasteiger partial charge in [0, 0.05) is 6.54 Å². The fourth-order valence-electron chi connectivity index (χ4n) is 4.21. The molecule has 0 radical (unpaired) electrons. The number of hydrogen-bond donors (Lipinski definition) is 1. The topological polar surface area (TPSA) is 23.5 Å². The van der Waals surface area contributed by atoms with E-state index in [0.717, 1.165) is 63.0 Å². The van der Waals surface area contributed by atoms with Gasteiger partial charge in [0.1, 0.15) is 0 Å². The van der Waals surface area contributed by atoms with Crippen molar-refractivity contribution in [2.45, 2.75) is 58.0 Å². The third-order valence-electron chi connectivity index (χ3n) is 6.09. The lowest BCUT2D eigenvalue weighted by molar-refractivity contribution is -0.138. The highest BCUT2D eigenvalue weighted by Crippen LogP contribution is 2.39. The lowest BCUT2D eigenvalue weighted by Crippen LogP contribution is -2.30. The van der Waals surface area contributed by atoms with Gasteiger partial charge in [-0.3, -0.25) is 0 Å². The number of rotatable bonds is 9. The molecule has 0 amide bonds. The van der Waals surface area contributed by atoms with Crippen LogP contribution in [0.25, 0.3) is 21.5 Å². The second kappa shape index (κ2) is 10.5. The summed E-state index contributed by atoms with van der Waals surface area (Å²) in [5.74, 6) is 0. The third kappa shape index (κ3) is 6.02. The average molecular weight is 486 g/mol. The van der Waals surface area contributed by atoms with Gasteiger partial charge in [0.05, 0.1) is 17.2 Å². The van der Waals surface area contributed by atoms with E-state index < -0.39 is 29.6 Å². The maximum absolute atomic E-state index is 13.4. The molecular weight excluding hydrogens is 456 g/mol. The summed E-state index contributed by atoms with van der Waals surface area (Å²) in [6, 6.07) is 7.66. The van der Waals surface area contributed by atoms with E-state index in [1.54, 1.807) is 6.07 Å². The summed E-state index contributed by atoms with van der Waals surface area (Å²) in [7, 11) is 0. The average Bonchev–Trinajstić information content (AvgIpc) is 2.78. The SMILES string of the molecule is CCCCN(CCCC)C[C@@H](O)c1cc2ccc(C(F)(F)F)cc2c2cc(C(F)(F)F)ccc12. The first kappa shape index (κ1) is 26.3. The van der Waals surface area contributed by atoms with E-state index in [9.17, 15) is 31.4 Å². The molecule has 34 heavy (non-hydrogen) atoms. The van der Waals surface area contributed by atoms with Crippen LogP contribution >= 0.6 is 0 Å². The van der Waals surface area contributed by atoms with E-state index in [1.807, 2.05) is 0 Å². The first-order valence-electron chi connectivity index (χ1n) is 11.5. The number of unbranched alkanes of at least 4 members (excludes halogenated alkanes) is 2. The van der Waals surface area contributed by atoms with E-state index in [0.29, 0.717) is 22.9 Å². The van der Waals surface area contributed by atoms with Crippen molar-refractivity contribution >= 4 is 21.5 Å². The number of aliphatic hydroxyl groups excluding tert-OH is 1. The Morgan fingerprint density at radius 3 is 1.79 bits per heavy atom. The molecular formula is C26H29F6NO. The number of hydrogen-bond acceptors (Lipinski definition) is 2. The molecule has 3 aromatic rings. The molecule has 0 unspecified atom stereocenters. The molecule has 1 atom stereocenters. The number of nitrogens with zero attached hydrogens (tertiary/aromatic N) is 1. The van der Waals surface area contributed by atoms with Crippen molar-refractivity contribution in [3.8, 4) is 0 Å². The number of alkyl halides is 6. The molecule has 2 nitrogen and oxygen atoms in total. The van der Waals surface area contributed by atoms with Crippen LogP contribution in [0.3, 0.4) is 0 Å².